The van der Waals surface area contributed by atoms with Gasteiger partial charge in [-0.15, -0.1) is 0 Å². The van der Waals surface area contributed by atoms with Gasteiger partial charge in [-0.3, -0.25) is 13.9 Å². The Morgan fingerprint density at radius 1 is 0.975 bits per heavy atom. The second kappa shape index (κ2) is 14.2. The van der Waals surface area contributed by atoms with Gasteiger partial charge in [0.15, 0.2) is 0 Å². The molecule has 40 heavy (non-hydrogen) atoms. The van der Waals surface area contributed by atoms with Crippen LogP contribution in [0.1, 0.15) is 37.8 Å². The van der Waals surface area contributed by atoms with E-state index in [-0.39, 0.29) is 23.0 Å². The first kappa shape index (κ1) is 31.0. The summed E-state index contributed by atoms with van der Waals surface area (Å²) in [5.74, 6) is -0.151. The van der Waals surface area contributed by atoms with E-state index in [0.29, 0.717) is 29.3 Å². The number of halogens is 1. The molecule has 0 heterocycles. The fraction of sp³-hybridized carbons (Fsp3) is 0.333. The summed E-state index contributed by atoms with van der Waals surface area (Å²) in [5, 5.41) is 3.25. The SMILES string of the molecule is CCCNC(=O)[C@H](CC)N(Cc1ccc(OC)cc1)C(=O)CN(c1cccc(Cl)c1C)S(=O)(=O)c1ccccc1. The number of hydrogen-bond donors (Lipinski definition) is 1. The maximum atomic E-state index is 14.1. The Balaban J connectivity index is 2.07. The van der Waals surface area contributed by atoms with E-state index in [4.69, 9.17) is 16.3 Å². The molecule has 1 N–H and O–H groups in total. The fourth-order valence-corrected chi connectivity index (χ4v) is 5.97. The lowest BCUT2D eigenvalue weighted by atomic mass is 10.1. The summed E-state index contributed by atoms with van der Waals surface area (Å²) in [4.78, 5) is 28.7. The van der Waals surface area contributed by atoms with Crippen LogP contribution < -0.4 is 14.4 Å². The van der Waals surface area contributed by atoms with Gasteiger partial charge in [0.25, 0.3) is 10.0 Å². The molecule has 0 aliphatic rings. The molecule has 0 fully saturated rings. The van der Waals surface area contributed by atoms with Crippen LogP contribution in [0.3, 0.4) is 0 Å². The number of benzene rings is 3. The van der Waals surface area contributed by atoms with Gasteiger partial charge in [-0.25, -0.2) is 8.42 Å². The Labute approximate surface area is 241 Å². The molecule has 1 atom stereocenters. The minimum absolute atomic E-state index is 0.0385. The number of carbonyl (C=O) groups is 2. The topological polar surface area (TPSA) is 96.0 Å². The van der Waals surface area contributed by atoms with E-state index in [1.165, 1.54) is 17.0 Å². The molecule has 0 saturated carbocycles. The van der Waals surface area contributed by atoms with Gasteiger partial charge in [-0.2, -0.15) is 0 Å². The number of ether oxygens (including phenoxy) is 1. The lowest BCUT2D eigenvalue weighted by molar-refractivity contribution is -0.140. The summed E-state index contributed by atoms with van der Waals surface area (Å²) >= 11 is 6.37. The number of nitrogens with one attached hydrogen (secondary N) is 1. The van der Waals surface area contributed by atoms with Crippen LogP contribution in [0.2, 0.25) is 5.02 Å². The normalized spacial score (nSPS) is 11.9. The van der Waals surface area contributed by atoms with Gasteiger partial charge >= 0.3 is 0 Å². The highest BCUT2D eigenvalue weighted by molar-refractivity contribution is 7.92. The summed E-state index contributed by atoms with van der Waals surface area (Å²) in [6, 6.07) is 19.2. The van der Waals surface area contributed by atoms with Gasteiger partial charge < -0.3 is 15.0 Å². The minimum atomic E-state index is -4.16. The maximum Gasteiger partial charge on any atom is 0.264 e. The number of methoxy groups -OCH3 is 1. The molecule has 214 valence electrons. The molecule has 0 bridgehead atoms. The molecule has 0 aromatic heterocycles. The first-order chi connectivity index (χ1) is 19.1. The smallest absolute Gasteiger partial charge is 0.264 e. The van der Waals surface area contributed by atoms with Crippen molar-refractivity contribution in [2.45, 2.75) is 51.1 Å². The van der Waals surface area contributed by atoms with Crippen LogP contribution in [0.4, 0.5) is 5.69 Å². The van der Waals surface area contributed by atoms with Crippen LogP contribution in [0.25, 0.3) is 0 Å². The van der Waals surface area contributed by atoms with Crippen molar-refractivity contribution in [3.63, 3.8) is 0 Å². The van der Waals surface area contributed by atoms with Gasteiger partial charge in [0.05, 0.1) is 17.7 Å². The highest BCUT2D eigenvalue weighted by atomic mass is 35.5. The number of hydrogen-bond acceptors (Lipinski definition) is 5. The molecule has 3 rings (SSSR count). The standard InChI is InChI=1S/C30H36ClN3O5S/c1-5-19-32-30(36)27(6-2)33(20-23-15-17-24(39-4)18-16-23)29(35)21-34(28-14-10-13-26(31)22(28)3)40(37,38)25-11-8-7-9-12-25/h7-18,27H,5-6,19-21H2,1-4H3,(H,32,36)/t27-/m0/s1. The van der Waals surface area contributed by atoms with Crippen LogP contribution in [0.5, 0.6) is 5.75 Å². The predicted molar refractivity (Wildman–Crippen MR) is 158 cm³/mol. The Hall–Kier alpha value is -3.56. The summed E-state index contributed by atoms with van der Waals surface area (Å²) in [7, 11) is -2.60. The third-order valence-corrected chi connectivity index (χ3v) is 8.75. The van der Waals surface area contributed by atoms with Gasteiger partial charge in [0.2, 0.25) is 11.8 Å². The second-order valence-corrected chi connectivity index (χ2v) is 11.6. The van der Waals surface area contributed by atoms with E-state index in [9.17, 15) is 18.0 Å². The molecule has 0 aliphatic carbocycles. The number of nitrogens with zero attached hydrogens (tertiary/aromatic N) is 2. The molecule has 10 heteroatoms. The molecule has 8 nitrogen and oxygen atoms in total. The van der Waals surface area contributed by atoms with Crippen molar-refractivity contribution in [1.82, 2.24) is 10.2 Å². The average Bonchev–Trinajstić information content (AvgIpc) is 2.96. The van der Waals surface area contributed by atoms with Crippen molar-refractivity contribution in [3.05, 3.63) is 88.9 Å². The van der Waals surface area contributed by atoms with E-state index in [0.717, 1.165) is 16.3 Å². The third-order valence-electron chi connectivity index (χ3n) is 6.56. The van der Waals surface area contributed by atoms with Gasteiger partial charge in [-0.1, -0.05) is 61.8 Å². The summed E-state index contributed by atoms with van der Waals surface area (Å²) < 4.78 is 34.2. The predicted octanol–water partition coefficient (Wildman–Crippen LogP) is 5.19. The summed E-state index contributed by atoms with van der Waals surface area (Å²) in [6.45, 7) is 5.53. The lowest BCUT2D eigenvalue weighted by Gasteiger charge is -2.33. The molecule has 0 radical (unpaired) electrons. The van der Waals surface area contributed by atoms with E-state index >= 15 is 0 Å². The van der Waals surface area contributed by atoms with Crippen molar-refractivity contribution in [2.75, 3.05) is 24.5 Å². The molecular formula is C30H36ClN3O5S. The third kappa shape index (κ3) is 7.34. The first-order valence-electron chi connectivity index (χ1n) is 13.2. The highest BCUT2D eigenvalue weighted by Gasteiger charge is 2.34. The number of sulfonamides is 1. The monoisotopic (exact) mass is 585 g/mol. The van der Waals surface area contributed by atoms with Crippen molar-refractivity contribution >= 4 is 39.1 Å². The summed E-state index contributed by atoms with van der Waals surface area (Å²) in [6.07, 6.45) is 1.09. The van der Waals surface area contributed by atoms with Crippen LogP contribution in [0, 0.1) is 6.92 Å². The van der Waals surface area contributed by atoms with E-state index in [1.807, 2.05) is 26.0 Å². The molecular weight excluding hydrogens is 550 g/mol. The zero-order valence-electron chi connectivity index (χ0n) is 23.3. The molecule has 0 aliphatic heterocycles. The average molecular weight is 586 g/mol. The Morgan fingerprint density at radius 3 is 2.25 bits per heavy atom. The number of anilines is 1. The Morgan fingerprint density at radius 2 is 1.65 bits per heavy atom. The molecule has 3 aromatic rings. The van der Waals surface area contributed by atoms with Crippen LogP contribution >= 0.6 is 11.6 Å². The minimum Gasteiger partial charge on any atom is -0.497 e. The fourth-order valence-electron chi connectivity index (χ4n) is 4.31. The zero-order chi connectivity index (χ0) is 29.3. The number of amides is 2. The van der Waals surface area contributed by atoms with Gasteiger partial charge in [0, 0.05) is 18.1 Å². The quantitative estimate of drug-likeness (QED) is 0.298. The number of rotatable bonds is 13. The zero-order valence-corrected chi connectivity index (χ0v) is 24.8. The van der Waals surface area contributed by atoms with Gasteiger partial charge in [-0.05, 0) is 67.3 Å². The van der Waals surface area contributed by atoms with Crippen molar-refractivity contribution in [2.24, 2.45) is 0 Å². The van der Waals surface area contributed by atoms with Crippen molar-refractivity contribution in [3.8, 4) is 5.75 Å². The van der Waals surface area contributed by atoms with Crippen LogP contribution in [0.15, 0.2) is 77.7 Å². The lowest BCUT2D eigenvalue weighted by Crippen LogP contribution is -2.52. The van der Waals surface area contributed by atoms with Crippen LogP contribution in [-0.4, -0.2) is 51.4 Å². The Bertz CT molecular complexity index is 1400. The largest absolute Gasteiger partial charge is 0.497 e. The molecule has 0 spiro atoms. The van der Waals surface area contributed by atoms with E-state index in [1.54, 1.807) is 62.6 Å². The second-order valence-electron chi connectivity index (χ2n) is 9.29. The molecule has 2 amide bonds. The number of carbonyl (C=O) groups excluding carboxylic acids is 2. The van der Waals surface area contributed by atoms with Crippen molar-refractivity contribution in [1.29, 1.82) is 0 Å². The van der Waals surface area contributed by atoms with Gasteiger partial charge in [0.1, 0.15) is 18.3 Å². The highest BCUT2D eigenvalue weighted by Crippen LogP contribution is 2.31. The molecule has 0 saturated heterocycles. The first-order valence-corrected chi connectivity index (χ1v) is 15.0. The Kier molecular flexibility index (Phi) is 11.0. The summed E-state index contributed by atoms with van der Waals surface area (Å²) in [5.41, 5.74) is 1.58. The van der Waals surface area contributed by atoms with Crippen molar-refractivity contribution < 1.29 is 22.7 Å². The van der Waals surface area contributed by atoms with Crippen LogP contribution in [-0.2, 0) is 26.2 Å². The molecule has 0 unspecified atom stereocenters. The molecule has 3 aromatic carbocycles. The van der Waals surface area contributed by atoms with E-state index < -0.39 is 28.5 Å². The van der Waals surface area contributed by atoms with E-state index in [2.05, 4.69) is 5.32 Å². The maximum absolute atomic E-state index is 14.1.